The van der Waals surface area contributed by atoms with Gasteiger partial charge < -0.3 is 29.5 Å². The fourth-order valence-corrected chi connectivity index (χ4v) is 6.84. The summed E-state index contributed by atoms with van der Waals surface area (Å²) in [5.74, 6) is 2.12. The zero-order chi connectivity index (χ0) is 25.6. The van der Waals surface area contributed by atoms with E-state index in [2.05, 4.69) is 12.2 Å². The number of hydrogen-bond acceptors (Lipinski definition) is 7. The second-order valence-electron chi connectivity index (χ2n) is 9.63. The van der Waals surface area contributed by atoms with E-state index in [0.29, 0.717) is 24.8 Å². The fourth-order valence-electron chi connectivity index (χ4n) is 4.49. The molecule has 0 radical (unpaired) electrons. The molecule has 1 aliphatic rings. The third kappa shape index (κ3) is 9.78. The van der Waals surface area contributed by atoms with Crippen molar-refractivity contribution in [3.63, 3.8) is 0 Å². The highest BCUT2D eigenvalue weighted by Gasteiger charge is 2.37. The van der Waals surface area contributed by atoms with E-state index in [1.807, 2.05) is 30.3 Å². The lowest BCUT2D eigenvalue weighted by molar-refractivity contribution is 0.106. The first kappa shape index (κ1) is 28.5. The molecule has 200 valence electrons. The van der Waals surface area contributed by atoms with E-state index in [9.17, 15) is 14.8 Å². The number of hydrogen-bond donors (Lipinski definition) is 3. The standard InChI is InChI=1S/C28H42NO6P/c1-2-3-19-35-36(32,22-34-26-7-5-4-6-8-26)28-15-9-23(10-16-28)17-18-29-20-25(31)21-33-27-13-11-24(30)12-14-27/h4-8,11-14,23,25,28-31H,2-3,9-10,15-22H2,1H3/t23?,25?,28?,36-/m1/s1. The lowest BCUT2D eigenvalue weighted by Crippen LogP contribution is -2.33. The molecule has 1 saturated carbocycles. The van der Waals surface area contributed by atoms with Crippen LogP contribution in [0.5, 0.6) is 17.2 Å². The Balaban J connectivity index is 1.35. The summed E-state index contributed by atoms with van der Waals surface area (Å²) < 4.78 is 31.3. The molecule has 2 atom stereocenters. The zero-order valence-corrected chi connectivity index (χ0v) is 22.3. The summed E-state index contributed by atoms with van der Waals surface area (Å²) >= 11 is 0. The second kappa shape index (κ2) is 15.3. The van der Waals surface area contributed by atoms with Crippen LogP contribution in [0.25, 0.3) is 0 Å². The molecule has 0 bridgehead atoms. The summed E-state index contributed by atoms with van der Waals surface area (Å²) in [4.78, 5) is 0. The number of unbranched alkanes of at least 4 members (excludes halogenated alkanes) is 1. The van der Waals surface area contributed by atoms with Crippen molar-refractivity contribution < 1.29 is 28.8 Å². The minimum Gasteiger partial charge on any atom is -0.508 e. The average Bonchev–Trinajstić information content (AvgIpc) is 2.91. The Bertz CT molecular complexity index is 902. The first-order valence-electron chi connectivity index (χ1n) is 13.2. The summed E-state index contributed by atoms with van der Waals surface area (Å²) in [5, 5.41) is 22.8. The van der Waals surface area contributed by atoms with E-state index in [0.717, 1.165) is 57.2 Å². The van der Waals surface area contributed by atoms with Gasteiger partial charge in [0.15, 0.2) is 6.35 Å². The lowest BCUT2D eigenvalue weighted by atomic mass is 9.86. The van der Waals surface area contributed by atoms with Crippen LogP contribution in [0.2, 0.25) is 0 Å². The van der Waals surface area contributed by atoms with Gasteiger partial charge in [0.1, 0.15) is 30.0 Å². The molecule has 0 aliphatic heterocycles. The van der Waals surface area contributed by atoms with Crippen LogP contribution < -0.4 is 14.8 Å². The van der Waals surface area contributed by atoms with Gasteiger partial charge in [-0.1, -0.05) is 31.5 Å². The monoisotopic (exact) mass is 519 g/mol. The van der Waals surface area contributed by atoms with E-state index < -0.39 is 13.5 Å². The van der Waals surface area contributed by atoms with Gasteiger partial charge in [-0.15, -0.1) is 0 Å². The maximum Gasteiger partial charge on any atom is 0.242 e. The van der Waals surface area contributed by atoms with Crippen LogP contribution in [-0.4, -0.2) is 54.6 Å². The van der Waals surface area contributed by atoms with Gasteiger partial charge in [-0.25, -0.2) is 0 Å². The normalized spacial score (nSPS) is 20.4. The molecular formula is C28H42NO6P. The van der Waals surface area contributed by atoms with Crippen LogP contribution in [0.1, 0.15) is 51.9 Å². The van der Waals surface area contributed by atoms with Crippen molar-refractivity contribution in [2.75, 3.05) is 32.7 Å². The van der Waals surface area contributed by atoms with Crippen molar-refractivity contribution in [2.45, 2.75) is 63.6 Å². The maximum absolute atomic E-state index is 13.8. The van der Waals surface area contributed by atoms with Crippen LogP contribution in [0.3, 0.4) is 0 Å². The van der Waals surface area contributed by atoms with Crippen LogP contribution in [0.15, 0.2) is 54.6 Å². The van der Waals surface area contributed by atoms with E-state index in [-0.39, 0.29) is 24.4 Å². The second-order valence-corrected chi connectivity index (χ2v) is 12.3. The molecule has 0 amide bonds. The Morgan fingerprint density at radius 1 is 1.00 bits per heavy atom. The smallest absolute Gasteiger partial charge is 0.242 e. The molecule has 8 heteroatoms. The van der Waals surface area contributed by atoms with Crippen molar-refractivity contribution >= 4 is 7.37 Å². The average molecular weight is 520 g/mol. The Kier molecular flexibility index (Phi) is 12.1. The van der Waals surface area contributed by atoms with Crippen LogP contribution in [0, 0.1) is 5.92 Å². The molecule has 3 rings (SSSR count). The third-order valence-electron chi connectivity index (χ3n) is 6.72. The number of rotatable bonds is 16. The SMILES string of the molecule is CCCCO[P@](=O)(COc1ccccc1)C1CCC(CCNCC(O)COc2ccc(O)cc2)CC1. The largest absolute Gasteiger partial charge is 0.508 e. The van der Waals surface area contributed by atoms with Crippen LogP contribution >= 0.6 is 7.37 Å². The van der Waals surface area contributed by atoms with Gasteiger partial charge in [-0.2, -0.15) is 0 Å². The molecule has 0 saturated heterocycles. The number of benzene rings is 2. The molecule has 0 spiro atoms. The number of aliphatic hydroxyl groups excluding tert-OH is 1. The van der Waals surface area contributed by atoms with E-state index in [1.165, 1.54) is 0 Å². The highest BCUT2D eigenvalue weighted by molar-refractivity contribution is 7.59. The van der Waals surface area contributed by atoms with Crippen LogP contribution in [-0.2, 0) is 9.09 Å². The molecule has 0 aromatic heterocycles. The van der Waals surface area contributed by atoms with E-state index in [1.54, 1.807) is 24.3 Å². The minimum absolute atomic E-state index is 0.0566. The molecule has 1 aliphatic carbocycles. The third-order valence-corrected chi connectivity index (χ3v) is 9.46. The summed E-state index contributed by atoms with van der Waals surface area (Å²) in [6.45, 7) is 4.11. The quantitative estimate of drug-likeness (QED) is 0.190. The highest BCUT2D eigenvalue weighted by Crippen LogP contribution is 2.57. The Labute approximate surface area is 215 Å². The van der Waals surface area contributed by atoms with Gasteiger partial charge in [-0.05, 0) is 87.4 Å². The Morgan fingerprint density at radius 2 is 1.69 bits per heavy atom. The molecular weight excluding hydrogens is 477 g/mol. The first-order chi connectivity index (χ1) is 17.5. The van der Waals surface area contributed by atoms with Gasteiger partial charge in [0.25, 0.3) is 0 Å². The van der Waals surface area contributed by atoms with Gasteiger partial charge in [0.2, 0.25) is 7.37 Å². The number of ether oxygens (including phenoxy) is 2. The molecule has 36 heavy (non-hydrogen) atoms. The van der Waals surface area contributed by atoms with E-state index in [4.69, 9.17) is 14.0 Å². The number of nitrogens with one attached hydrogen (secondary N) is 1. The molecule has 1 unspecified atom stereocenters. The fraction of sp³-hybridized carbons (Fsp3) is 0.571. The highest BCUT2D eigenvalue weighted by atomic mass is 31.2. The molecule has 7 nitrogen and oxygen atoms in total. The molecule has 2 aromatic rings. The summed E-state index contributed by atoms with van der Waals surface area (Å²) in [7, 11) is -2.90. The molecule has 3 N–H and O–H groups in total. The summed E-state index contributed by atoms with van der Waals surface area (Å²) in [6.07, 6.45) is 6.34. The first-order valence-corrected chi connectivity index (χ1v) is 15.1. The van der Waals surface area contributed by atoms with Gasteiger partial charge >= 0.3 is 0 Å². The Hall–Kier alpha value is -2.05. The van der Waals surface area contributed by atoms with Gasteiger partial charge in [0.05, 0.1) is 6.61 Å². The number of phenols is 1. The number of phenolic OH excluding ortho intramolecular Hbond substituents is 1. The van der Waals surface area contributed by atoms with Crippen molar-refractivity contribution in [1.82, 2.24) is 5.32 Å². The topological polar surface area (TPSA) is 97.3 Å². The maximum atomic E-state index is 13.8. The van der Waals surface area contributed by atoms with Crippen LogP contribution in [0.4, 0.5) is 0 Å². The number of aromatic hydroxyl groups is 1. The molecule has 2 aromatic carbocycles. The van der Waals surface area contributed by atoms with Gasteiger partial charge in [0, 0.05) is 12.2 Å². The van der Waals surface area contributed by atoms with Crippen molar-refractivity contribution in [1.29, 1.82) is 0 Å². The van der Waals surface area contributed by atoms with E-state index >= 15 is 0 Å². The predicted octanol–water partition coefficient (Wildman–Crippen LogP) is 5.80. The molecule has 1 fully saturated rings. The predicted molar refractivity (Wildman–Crippen MR) is 143 cm³/mol. The lowest BCUT2D eigenvalue weighted by Gasteiger charge is -2.33. The minimum atomic E-state index is -2.90. The zero-order valence-electron chi connectivity index (χ0n) is 21.4. The summed E-state index contributed by atoms with van der Waals surface area (Å²) in [5.41, 5.74) is 0.0566. The summed E-state index contributed by atoms with van der Waals surface area (Å²) in [6, 6.07) is 16.0. The van der Waals surface area contributed by atoms with Crippen molar-refractivity contribution in [3.05, 3.63) is 54.6 Å². The number of para-hydroxylation sites is 1. The molecule has 0 heterocycles. The van der Waals surface area contributed by atoms with Crippen molar-refractivity contribution in [3.8, 4) is 17.2 Å². The van der Waals surface area contributed by atoms with Gasteiger partial charge in [-0.3, -0.25) is 4.57 Å². The Morgan fingerprint density at radius 3 is 2.39 bits per heavy atom. The van der Waals surface area contributed by atoms with Crippen molar-refractivity contribution in [2.24, 2.45) is 5.92 Å². The number of aliphatic hydroxyl groups is 1.